The summed E-state index contributed by atoms with van der Waals surface area (Å²) in [6, 6.07) is 4.31. The summed E-state index contributed by atoms with van der Waals surface area (Å²) < 4.78 is 44.8. The van der Waals surface area contributed by atoms with Gasteiger partial charge >= 0.3 is 12.3 Å². The minimum Gasteiger partial charge on any atom is -0.494 e. The molecule has 1 aromatic rings. The summed E-state index contributed by atoms with van der Waals surface area (Å²) in [7, 11) is 0. The minimum absolute atomic E-state index is 0.199. The predicted molar refractivity (Wildman–Crippen MR) is 64.6 cm³/mol. The lowest BCUT2D eigenvalue weighted by atomic mass is 10.2. The van der Waals surface area contributed by atoms with Crippen LogP contribution in [0.25, 0.3) is 0 Å². The predicted octanol–water partition coefficient (Wildman–Crippen LogP) is 2.69. The van der Waals surface area contributed by atoms with Gasteiger partial charge in [-0.15, -0.1) is 0 Å². The molecule has 0 aromatic heterocycles. The van der Waals surface area contributed by atoms with Gasteiger partial charge in [-0.2, -0.15) is 13.2 Å². The maximum atomic E-state index is 11.9. The van der Waals surface area contributed by atoms with Gasteiger partial charge in [0.25, 0.3) is 0 Å². The van der Waals surface area contributed by atoms with E-state index in [0.717, 1.165) is 0 Å². The van der Waals surface area contributed by atoms with E-state index in [0.29, 0.717) is 17.9 Å². The number of alkyl halides is 3. The highest BCUT2D eigenvalue weighted by atomic mass is 19.4. The normalized spacial score (nSPS) is 11.1. The monoisotopic (exact) mass is 293 g/mol. The Morgan fingerprint density at radius 2 is 2.10 bits per heavy atom. The van der Waals surface area contributed by atoms with Gasteiger partial charge in [-0.05, 0) is 25.1 Å². The third-order valence-corrected chi connectivity index (χ3v) is 2.14. The van der Waals surface area contributed by atoms with Crippen LogP contribution in [-0.4, -0.2) is 30.6 Å². The maximum absolute atomic E-state index is 11.9. The molecular weight excluding hydrogens is 279 g/mol. The quantitative estimate of drug-likeness (QED) is 0.876. The van der Waals surface area contributed by atoms with Crippen LogP contribution >= 0.6 is 0 Å². The molecule has 1 rings (SSSR count). The van der Waals surface area contributed by atoms with Gasteiger partial charge in [0.2, 0.25) is 0 Å². The summed E-state index contributed by atoms with van der Waals surface area (Å²) >= 11 is 0. The van der Waals surface area contributed by atoms with E-state index in [-0.39, 0.29) is 12.3 Å². The summed E-state index contributed by atoms with van der Waals surface area (Å²) in [4.78, 5) is 11.1. The maximum Gasteiger partial charge on any atom is 0.422 e. The number of ether oxygens (including phenoxy) is 2. The number of hydrogen-bond acceptors (Lipinski definition) is 4. The van der Waals surface area contributed by atoms with Crippen molar-refractivity contribution in [1.82, 2.24) is 0 Å². The van der Waals surface area contributed by atoms with Gasteiger partial charge in [-0.1, -0.05) is 0 Å². The van der Waals surface area contributed by atoms with Gasteiger partial charge in [-0.25, -0.2) is 4.79 Å². The molecule has 0 aliphatic carbocycles. The molecule has 0 radical (unpaired) electrons. The fourth-order valence-electron chi connectivity index (χ4n) is 1.38. The first-order valence-electron chi connectivity index (χ1n) is 5.73. The highest BCUT2D eigenvalue weighted by Gasteiger charge is 2.29. The van der Waals surface area contributed by atoms with Gasteiger partial charge < -0.3 is 14.6 Å². The first kappa shape index (κ1) is 16.1. The molecule has 8 heteroatoms. The fourth-order valence-corrected chi connectivity index (χ4v) is 1.38. The lowest BCUT2D eigenvalue weighted by molar-refractivity contribution is -0.159. The van der Waals surface area contributed by atoms with Gasteiger partial charge in [0.05, 0.1) is 13.2 Å². The van der Waals surface area contributed by atoms with Crippen LogP contribution in [0.15, 0.2) is 18.2 Å². The zero-order chi connectivity index (χ0) is 15.2. The second kappa shape index (κ2) is 6.99. The van der Waals surface area contributed by atoms with Crippen molar-refractivity contribution >= 4 is 11.8 Å². The second-order valence-corrected chi connectivity index (χ2v) is 3.73. The van der Waals surface area contributed by atoms with E-state index in [4.69, 9.17) is 9.84 Å². The molecular formula is C12H14F3NO4. The molecule has 1 amide bonds. The number of amides is 1. The number of halogens is 3. The van der Waals surface area contributed by atoms with Crippen molar-refractivity contribution in [2.45, 2.75) is 19.7 Å². The van der Waals surface area contributed by atoms with E-state index in [1.165, 1.54) is 18.2 Å². The van der Waals surface area contributed by atoms with Crippen molar-refractivity contribution in [3.8, 4) is 5.75 Å². The molecule has 0 aliphatic heterocycles. The zero-order valence-corrected chi connectivity index (χ0v) is 10.7. The summed E-state index contributed by atoms with van der Waals surface area (Å²) in [5.41, 5.74) is 0.602. The van der Waals surface area contributed by atoms with Crippen LogP contribution in [-0.2, 0) is 11.3 Å². The Morgan fingerprint density at radius 1 is 1.40 bits per heavy atom. The van der Waals surface area contributed by atoms with Crippen molar-refractivity contribution in [2.75, 3.05) is 18.5 Å². The Morgan fingerprint density at radius 3 is 2.65 bits per heavy atom. The number of carbonyl (C=O) groups is 1. The molecule has 0 aliphatic rings. The standard InChI is InChI=1S/C12H14F3NO4/c1-2-19-10-4-3-9(5-8(10)6-17)16-11(18)20-7-12(13,14)15/h3-5,17H,2,6-7H2,1H3,(H,16,18). The average molecular weight is 293 g/mol. The third kappa shape index (κ3) is 5.35. The summed E-state index contributed by atoms with van der Waals surface area (Å²) in [6.45, 7) is 0.167. The third-order valence-electron chi connectivity index (χ3n) is 2.14. The molecule has 0 fully saturated rings. The zero-order valence-electron chi connectivity index (χ0n) is 10.7. The molecule has 112 valence electrons. The molecule has 20 heavy (non-hydrogen) atoms. The number of carbonyl (C=O) groups excluding carboxylic acids is 1. The van der Waals surface area contributed by atoms with Crippen LogP contribution in [0, 0.1) is 0 Å². The van der Waals surface area contributed by atoms with Crippen molar-refractivity contribution in [3.05, 3.63) is 23.8 Å². The molecule has 2 N–H and O–H groups in total. The number of benzene rings is 1. The Balaban J connectivity index is 2.66. The van der Waals surface area contributed by atoms with Crippen LogP contribution in [0.4, 0.5) is 23.7 Å². The molecule has 5 nitrogen and oxygen atoms in total. The van der Waals surface area contributed by atoms with Crippen LogP contribution in [0.5, 0.6) is 5.75 Å². The minimum atomic E-state index is -4.58. The Bertz CT molecular complexity index is 463. The van der Waals surface area contributed by atoms with Crippen LogP contribution in [0.2, 0.25) is 0 Å². The lowest BCUT2D eigenvalue weighted by Gasteiger charge is -2.12. The van der Waals surface area contributed by atoms with Crippen molar-refractivity contribution in [2.24, 2.45) is 0 Å². The largest absolute Gasteiger partial charge is 0.494 e. The highest BCUT2D eigenvalue weighted by molar-refractivity contribution is 5.84. The van der Waals surface area contributed by atoms with Crippen LogP contribution in [0.3, 0.4) is 0 Å². The van der Waals surface area contributed by atoms with E-state index in [1.54, 1.807) is 6.92 Å². The van der Waals surface area contributed by atoms with Crippen LogP contribution < -0.4 is 10.1 Å². The summed E-state index contributed by atoms with van der Waals surface area (Å²) in [6.07, 6.45) is -5.80. The average Bonchev–Trinajstić information content (AvgIpc) is 2.37. The van der Waals surface area contributed by atoms with E-state index >= 15 is 0 Å². The molecule has 0 atom stereocenters. The first-order chi connectivity index (χ1) is 9.35. The number of anilines is 1. The summed E-state index contributed by atoms with van der Waals surface area (Å²) in [5.74, 6) is 0.434. The molecule has 0 spiro atoms. The van der Waals surface area contributed by atoms with E-state index in [1.807, 2.05) is 0 Å². The Kier molecular flexibility index (Phi) is 5.63. The lowest BCUT2D eigenvalue weighted by Crippen LogP contribution is -2.23. The number of aliphatic hydroxyl groups is 1. The molecule has 0 bridgehead atoms. The Labute approximate surface area is 113 Å². The number of hydrogen-bond donors (Lipinski definition) is 2. The van der Waals surface area contributed by atoms with Crippen LogP contribution in [0.1, 0.15) is 12.5 Å². The van der Waals surface area contributed by atoms with Gasteiger partial charge in [-0.3, -0.25) is 5.32 Å². The van der Waals surface area contributed by atoms with Crippen molar-refractivity contribution in [3.63, 3.8) is 0 Å². The molecule has 0 heterocycles. The second-order valence-electron chi connectivity index (χ2n) is 3.73. The number of rotatable bonds is 5. The molecule has 0 saturated carbocycles. The van der Waals surface area contributed by atoms with Crippen molar-refractivity contribution < 1.29 is 32.5 Å². The number of aliphatic hydroxyl groups excluding tert-OH is 1. The Hall–Kier alpha value is -1.96. The molecule has 0 unspecified atom stereocenters. The van der Waals surface area contributed by atoms with Gasteiger partial charge in [0.15, 0.2) is 6.61 Å². The summed E-state index contributed by atoms with van der Waals surface area (Å²) in [5, 5.41) is 11.3. The smallest absolute Gasteiger partial charge is 0.422 e. The fraction of sp³-hybridized carbons (Fsp3) is 0.417. The van der Waals surface area contributed by atoms with Crippen molar-refractivity contribution in [1.29, 1.82) is 0 Å². The SMILES string of the molecule is CCOc1ccc(NC(=O)OCC(F)(F)F)cc1CO. The van der Waals surface area contributed by atoms with Gasteiger partial charge in [0.1, 0.15) is 5.75 Å². The number of nitrogens with one attached hydrogen (secondary N) is 1. The molecule has 1 aromatic carbocycles. The molecule has 0 saturated heterocycles. The first-order valence-corrected chi connectivity index (χ1v) is 5.73. The van der Waals surface area contributed by atoms with E-state index in [9.17, 15) is 18.0 Å². The highest BCUT2D eigenvalue weighted by Crippen LogP contribution is 2.23. The topological polar surface area (TPSA) is 67.8 Å². The van der Waals surface area contributed by atoms with Gasteiger partial charge in [0, 0.05) is 11.3 Å². The van der Waals surface area contributed by atoms with E-state index < -0.39 is 18.9 Å². The van der Waals surface area contributed by atoms with E-state index in [2.05, 4.69) is 10.1 Å².